The maximum absolute atomic E-state index is 11.9. The van der Waals surface area contributed by atoms with Gasteiger partial charge in [-0.15, -0.1) is 0 Å². The van der Waals surface area contributed by atoms with E-state index in [4.69, 9.17) is 4.42 Å². The first kappa shape index (κ1) is 11.5. The SMILES string of the molecule is Cc1ccc2c(=O)oc(Nc3ccccc3)nc2c1. The molecular weight excluding hydrogens is 240 g/mol. The minimum absolute atomic E-state index is 0.203. The summed E-state index contributed by atoms with van der Waals surface area (Å²) in [6.45, 7) is 1.96. The average Bonchev–Trinajstić information content (AvgIpc) is 2.39. The van der Waals surface area contributed by atoms with E-state index in [0.717, 1.165) is 11.3 Å². The largest absolute Gasteiger partial charge is 0.388 e. The summed E-state index contributed by atoms with van der Waals surface area (Å²) < 4.78 is 5.16. The molecule has 4 nitrogen and oxygen atoms in total. The zero-order valence-electron chi connectivity index (χ0n) is 10.4. The molecule has 0 saturated heterocycles. The van der Waals surface area contributed by atoms with Crippen molar-refractivity contribution in [1.82, 2.24) is 4.98 Å². The summed E-state index contributed by atoms with van der Waals surface area (Å²) in [5, 5.41) is 3.47. The monoisotopic (exact) mass is 252 g/mol. The van der Waals surface area contributed by atoms with Crippen LogP contribution in [-0.2, 0) is 0 Å². The Morgan fingerprint density at radius 3 is 2.68 bits per heavy atom. The molecule has 0 atom stereocenters. The Hall–Kier alpha value is -2.62. The maximum Gasteiger partial charge on any atom is 0.348 e. The number of rotatable bonds is 2. The third-order valence-electron chi connectivity index (χ3n) is 2.81. The van der Waals surface area contributed by atoms with Gasteiger partial charge in [-0.2, -0.15) is 4.98 Å². The molecule has 0 spiro atoms. The molecule has 0 unspecified atom stereocenters. The normalized spacial score (nSPS) is 10.6. The standard InChI is InChI=1S/C15H12N2O2/c1-10-7-8-12-13(9-10)17-15(19-14(12)18)16-11-5-3-2-4-6-11/h2-9H,1H3,(H,16,17). The molecule has 0 bridgehead atoms. The summed E-state index contributed by atoms with van der Waals surface area (Å²) in [4.78, 5) is 16.2. The third-order valence-corrected chi connectivity index (χ3v) is 2.81. The lowest BCUT2D eigenvalue weighted by atomic mass is 10.2. The van der Waals surface area contributed by atoms with E-state index in [2.05, 4.69) is 10.3 Å². The smallest absolute Gasteiger partial charge is 0.348 e. The lowest BCUT2D eigenvalue weighted by Crippen LogP contribution is -2.05. The first-order valence-electron chi connectivity index (χ1n) is 5.96. The molecule has 3 rings (SSSR count). The van der Waals surface area contributed by atoms with Gasteiger partial charge in [0, 0.05) is 5.69 Å². The van der Waals surface area contributed by atoms with Crippen LogP contribution in [0.15, 0.2) is 57.7 Å². The van der Waals surface area contributed by atoms with Gasteiger partial charge in [0.05, 0.1) is 10.9 Å². The van der Waals surface area contributed by atoms with Crippen LogP contribution in [0.1, 0.15) is 5.56 Å². The molecule has 4 heteroatoms. The Morgan fingerprint density at radius 2 is 1.89 bits per heavy atom. The van der Waals surface area contributed by atoms with Crippen molar-refractivity contribution in [3.63, 3.8) is 0 Å². The number of aromatic nitrogens is 1. The molecule has 0 aliphatic rings. The number of nitrogens with zero attached hydrogens (tertiary/aromatic N) is 1. The van der Waals surface area contributed by atoms with E-state index in [9.17, 15) is 4.79 Å². The van der Waals surface area contributed by atoms with E-state index >= 15 is 0 Å². The second kappa shape index (κ2) is 4.57. The van der Waals surface area contributed by atoms with Gasteiger partial charge in [-0.25, -0.2) is 4.79 Å². The highest BCUT2D eigenvalue weighted by atomic mass is 16.4. The van der Waals surface area contributed by atoms with Gasteiger partial charge in [-0.3, -0.25) is 0 Å². The molecule has 1 N–H and O–H groups in total. The van der Waals surface area contributed by atoms with Gasteiger partial charge in [-0.05, 0) is 36.8 Å². The number of para-hydroxylation sites is 1. The fourth-order valence-electron chi connectivity index (χ4n) is 1.88. The predicted octanol–water partition coefficient (Wildman–Crippen LogP) is 3.24. The number of fused-ring (bicyclic) bond motifs is 1. The van der Waals surface area contributed by atoms with Crippen LogP contribution in [-0.4, -0.2) is 4.98 Å². The quantitative estimate of drug-likeness (QED) is 0.760. The van der Waals surface area contributed by atoms with Crippen LogP contribution >= 0.6 is 0 Å². The summed E-state index contributed by atoms with van der Waals surface area (Å²) in [5.41, 5.74) is 2.12. The Kier molecular flexibility index (Phi) is 2.76. The highest BCUT2D eigenvalue weighted by Gasteiger charge is 2.06. The molecule has 94 valence electrons. The Labute approximate surface area is 109 Å². The van der Waals surface area contributed by atoms with Crippen molar-refractivity contribution in [1.29, 1.82) is 0 Å². The minimum atomic E-state index is -0.386. The van der Waals surface area contributed by atoms with Gasteiger partial charge in [0.25, 0.3) is 0 Å². The molecule has 0 fully saturated rings. The van der Waals surface area contributed by atoms with Crippen LogP contribution < -0.4 is 10.9 Å². The van der Waals surface area contributed by atoms with Crippen LogP contribution in [0.5, 0.6) is 0 Å². The van der Waals surface area contributed by atoms with Gasteiger partial charge < -0.3 is 9.73 Å². The predicted molar refractivity (Wildman–Crippen MR) is 74.7 cm³/mol. The molecule has 19 heavy (non-hydrogen) atoms. The number of benzene rings is 2. The first-order chi connectivity index (χ1) is 9.22. The van der Waals surface area contributed by atoms with E-state index < -0.39 is 0 Å². The zero-order valence-corrected chi connectivity index (χ0v) is 10.4. The van der Waals surface area contributed by atoms with E-state index in [-0.39, 0.29) is 11.6 Å². The lowest BCUT2D eigenvalue weighted by Gasteiger charge is -2.04. The number of anilines is 2. The van der Waals surface area contributed by atoms with Gasteiger partial charge in [0.1, 0.15) is 0 Å². The Bertz CT molecular complexity index is 779. The zero-order chi connectivity index (χ0) is 13.2. The summed E-state index contributed by atoms with van der Waals surface area (Å²) in [6, 6.07) is 15.1. The highest BCUT2D eigenvalue weighted by Crippen LogP contribution is 2.16. The lowest BCUT2D eigenvalue weighted by molar-refractivity contribution is 0.522. The van der Waals surface area contributed by atoms with Crippen molar-refractivity contribution in [3.05, 3.63) is 64.5 Å². The molecule has 1 aromatic heterocycles. The number of hydrogen-bond donors (Lipinski definition) is 1. The van der Waals surface area contributed by atoms with Crippen LogP contribution in [0.4, 0.5) is 11.7 Å². The Balaban J connectivity index is 2.08. The van der Waals surface area contributed by atoms with Crippen molar-refractivity contribution < 1.29 is 4.42 Å². The number of aryl methyl sites for hydroxylation is 1. The second-order valence-electron chi connectivity index (χ2n) is 4.32. The molecule has 1 heterocycles. The van der Waals surface area contributed by atoms with Crippen LogP contribution in [0, 0.1) is 6.92 Å². The van der Waals surface area contributed by atoms with E-state index in [1.807, 2.05) is 49.4 Å². The summed E-state index contributed by atoms with van der Waals surface area (Å²) >= 11 is 0. The van der Waals surface area contributed by atoms with Crippen molar-refractivity contribution in [3.8, 4) is 0 Å². The van der Waals surface area contributed by atoms with E-state index in [1.165, 1.54) is 0 Å². The number of hydrogen-bond acceptors (Lipinski definition) is 4. The van der Waals surface area contributed by atoms with E-state index in [1.54, 1.807) is 6.07 Å². The maximum atomic E-state index is 11.9. The minimum Gasteiger partial charge on any atom is -0.388 e. The van der Waals surface area contributed by atoms with E-state index in [0.29, 0.717) is 10.9 Å². The van der Waals surface area contributed by atoms with Crippen molar-refractivity contribution in [2.45, 2.75) is 6.92 Å². The van der Waals surface area contributed by atoms with Crippen molar-refractivity contribution >= 4 is 22.6 Å². The van der Waals surface area contributed by atoms with Crippen LogP contribution in [0.3, 0.4) is 0 Å². The highest BCUT2D eigenvalue weighted by molar-refractivity contribution is 5.78. The topological polar surface area (TPSA) is 55.1 Å². The molecule has 0 aliphatic heterocycles. The summed E-state index contributed by atoms with van der Waals surface area (Å²) in [7, 11) is 0. The molecule has 0 radical (unpaired) electrons. The second-order valence-corrected chi connectivity index (χ2v) is 4.32. The van der Waals surface area contributed by atoms with Crippen LogP contribution in [0.25, 0.3) is 10.9 Å². The molecule has 2 aromatic carbocycles. The van der Waals surface area contributed by atoms with Gasteiger partial charge in [-0.1, -0.05) is 24.3 Å². The fraction of sp³-hybridized carbons (Fsp3) is 0.0667. The summed E-state index contributed by atoms with van der Waals surface area (Å²) in [5.74, 6) is 0. The van der Waals surface area contributed by atoms with Gasteiger partial charge >= 0.3 is 11.6 Å². The molecule has 3 aromatic rings. The summed E-state index contributed by atoms with van der Waals surface area (Å²) in [6.07, 6.45) is 0. The third kappa shape index (κ3) is 2.33. The molecule has 0 amide bonds. The Morgan fingerprint density at radius 1 is 1.11 bits per heavy atom. The molecule has 0 aliphatic carbocycles. The molecule has 0 saturated carbocycles. The molecular formula is C15H12N2O2. The number of nitrogens with one attached hydrogen (secondary N) is 1. The van der Waals surface area contributed by atoms with Gasteiger partial charge in [0.2, 0.25) is 0 Å². The van der Waals surface area contributed by atoms with Crippen molar-refractivity contribution in [2.24, 2.45) is 0 Å². The van der Waals surface area contributed by atoms with Crippen molar-refractivity contribution in [2.75, 3.05) is 5.32 Å². The first-order valence-corrected chi connectivity index (χ1v) is 5.96. The van der Waals surface area contributed by atoms with Crippen LogP contribution in [0.2, 0.25) is 0 Å². The van der Waals surface area contributed by atoms with Gasteiger partial charge in [0.15, 0.2) is 0 Å². The average molecular weight is 252 g/mol. The fourth-order valence-corrected chi connectivity index (χ4v) is 1.88.